The molecule has 0 bridgehead atoms. The van der Waals surface area contributed by atoms with Crippen LogP contribution < -0.4 is 14.8 Å². The third-order valence-electron chi connectivity index (χ3n) is 5.31. The average Bonchev–Trinajstić information content (AvgIpc) is 3.46. The molecule has 0 unspecified atom stereocenters. The van der Waals surface area contributed by atoms with Crippen LogP contribution in [-0.4, -0.2) is 36.1 Å². The summed E-state index contributed by atoms with van der Waals surface area (Å²) in [6, 6.07) is 10.9. The summed E-state index contributed by atoms with van der Waals surface area (Å²) in [7, 11) is 0. The molecule has 0 saturated heterocycles. The van der Waals surface area contributed by atoms with Crippen molar-refractivity contribution in [3.8, 4) is 11.5 Å². The minimum absolute atomic E-state index is 0.122. The molecular weight excluding hydrogens is 371 g/mol. The number of hydrogen-bond donors (Lipinski definition) is 1. The lowest BCUT2D eigenvalue weighted by Crippen LogP contribution is -2.34. The van der Waals surface area contributed by atoms with E-state index in [0.717, 1.165) is 30.6 Å². The molecule has 1 N–H and O–H groups in total. The Balaban J connectivity index is 1.47. The molecule has 2 aromatic carbocycles. The van der Waals surface area contributed by atoms with E-state index in [0.29, 0.717) is 36.2 Å². The molecule has 0 aromatic heterocycles. The van der Waals surface area contributed by atoms with E-state index in [9.17, 15) is 9.18 Å². The van der Waals surface area contributed by atoms with Gasteiger partial charge in [0.1, 0.15) is 23.4 Å². The van der Waals surface area contributed by atoms with Crippen LogP contribution in [0.2, 0.25) is 0 Å². The van der Waals surface area contributed by atoms with E-state index >= 15 is 0 Å². The van der Waals surface area contributed by atoms with Gasteiger partial charge in [0, 0.05) is 36.2 Å². The average molecular weight is 398 g/mol. The topological polar surface area (TPSA) is 50.8 Å². The Morgan fingerprint density at radius 2 is 2.10 bits per heavy atom. The van der Waals surface area contributed by atoms with Gasteiger partial charge in [-0.2, -0.15) is 0 Å². The fourth-order valence-corrected chi connectivity index (χ4v) is 3.79. The zero-order valence-electron chi connectivity index (χ0n) is 16.9. The molecule has 2 aliphatic rings. The number of amides is 1. The maximum absolute atomic E-state index is 14.1. The molecule has 1 atom stereocenters. The highest BCUT2D eigenvalue weighted by Crippen LogP contribution is 2.38. The summed E-state index contributed by atoms with van der Waals surface area (Å²) in [5.74, 6) is 1.08. The molecule has 2 aromatic rings. The van der Waals surface area contributed by atoms with Gasteiger partial charge in [0.2, 0.25) is 5.91 Å². The molecule has 0 radical (unpaired) electrons. The molecule has 0 spiro atoms. The fourth-order valence-electron chi connectivity index (χ4n) is 3.79. The smallest absolute Gasteiger partial charge is 0.238 e. The normalized spacial score (nSPS) is 17.7. The van der Waals surface area contributed by atoms with Crippen molar-refractivity contribution in [2.75, 3.05) is 18.5 Å². The van der Waals surface area contributed by atoms with Crippen LogP contribution >= 0.6 is 0 Å². The van der Waals surface area contributed by atoms with E-state index in [1.807, 2.05) is 36.9 Å². The van der Waals surface area contributed by atoms with Gasteiger partial charge in [0.15, 0.2) is 0 Å². The summed E-state index contributed by atoms with van der Waals surface area (Å²) in [5, 5.41) is 2.97. The summed E-state index contributed by atoms with van der Waals surface area (Å²) in [5.41, 5.74) is 2.33. The van der Waals surface area contributed by atoms with E-state index in [1.54, 1.807) is 12.1 Å². The first-order valence-corrected chi connectivity index (χ1v) is 10.3. The molecule has 6 heteroatoms. The highest BCUT2D eigenvalue weighted by molar-refractivity contribution is 5.94. The van der Waals surface area contributed by atoms with Crippen molar-refractivity contribution >= 4 is 11.6 Å². The monoisotopic (exact) mass is 398 g/mol. The number of fused-ring (bicyclic) bond motifs is 1. The molecule has 154 valence electrons. The third kappa shape index (κ3) is 4.70. The van der Waals surface area contributed by atoms with Crippen molar-refractivity contribution in [2.24, 2.45) is 0 Å². The highest BCUT2D eigenvalue weighted by Gasteiger charge is 2.31. The van der Waals surface area contributed by atoms with Crippen LogP contribution in [0.3, 0.4) is 0 Å². The number of halogens is 1. The van der Waals surface area contributed by atoms with Gasteiger partial charge in [-0.15, -0.1) is 0 Å². The van der Waals surface area contributed by atoms with Crippen molar-refractivity contribution in [3.63, 3.8) is 0 Å². The minimum atomic E-state index is -0.234. The highest BCUT2D eigenvalue weighted by atomic mass is 19.1. The van der Waals surface area contributed by atoms with Crippen LogP contribution in [0.4, 0.5) is 10.1 Å². The van der Waals surface area contributed by atoms with Crippen molar-refractivity contribution < 1.29 is 18.7 Å². The van der Waals surface area contributed by atoms with E-state index in [-0.39, 0.29) is 24.4 Å². The minimum Gasteiger partial charge on any atom is -0.492 e. The molecule has 1 fully saturated rings. The Morgan fingerprint density at radius 3 is 2.83 bits per heavy atom. The quantitative estimate of drug-likeness (QED) is 0.726. The maximum atomic E-state index is 14.1. The summed E-state index contributed by atoms with van der Waals surface area (Å²) >= 11 is 0. The molecule has 1 saturated carbocycles. The van der Waals surface area contributed by atoms with Gasteiger partial charge in [0.25, 0.3) is 0 Å². The molecular formula is C23H27FN2O3. The number of benzene rings is 2. The summed E-state index contributed by atoms with van der Waals surface area (Å²) in [4.78, 5) is 14.9. The van der Waals surface area contributed by atoms with Crippen molar-refractivity contribution in [1.82, 2.24) is 4.90 Å². The van der Waals surface area contributed by atoms with E-state index in [4.69, 9.17) is 9.47 Å². The van der Waals surface area contributed by atoms with Gasteiger partial charge in [0.05, 0.1) is 18.8 Å². The Kier molecular flexibility index (Phi) is 5.72. The first-order chi connectivity index (χ1) is 14.0. The number of nitrogens with one attached hydrogen (secondary N) is 1. The number of carbonyl (C=O) groups excluding carboxylic acids is 1. The molecule has 5 nitrogen and oxygen atoms in total. The van der Waals surface area contributed by atoms with Gasteiger partial charge in [-0.05, 0) is 38.8 Å². The van der Waals surface area contributed by atoms with Crippen LogP contribution in [0.1, 0.15) is 37.8 Å². The molecule has 29 heavy (non-hydrogen) atoms. The lowest BCUT2D eigenvalue weighted by molar-refractivity contribution is -0.117. The second-order valence-corrected chi connectivity index (χ2v) is 7.80. The maximum Gasteiger partial charge on any atom is 0.238 e. The van der Waals surface area contributed by atoms with Crippen LogP contribution in [0.25, 0.3) is 0 Å². The number of hydrogen-bond acceptors (Lipinski definition) is 4. The van der Waals surface area contributed by atoms with E-state index in [1.165, 1.54) is 6.07 Å². The Morgan fingerprint density at radius 1 is 1.31 bits per heavy atom. The van der Waals surface area contributed by atoms with Gasteiger partial charge >= 0.3 is 0 Å². The van der Waals surface area contributed by atoms with Crippen LogP contribution in [0, 0.1) is 5.82 Å². The Bertz CT molecular complexity index is 898. The molecule has 1 heterocycles. The lowest BCUT2D eigenvalue weighted by Gasteiger charge is -2.22. The van der Waals surface area contributed by atoms with E-state index < -0.39 is 0 Å². The van der Waals surface area contributed by atoms with Crippen molar-refractivity contribution in [2.45, 2.75) is 51.8 Å². The molecule has 1 aliphatic carbocycles. The Labute approximate surface area is 170 Å². The summed E-state index contributed by atoms with van der Waals surface area (Å²) in [6.07, 6.45) is 3.03. The van der Waals surface area contributed by atoms with Crippen molar-refractivity contribution in [3.05, 3.63) is 53.3 Å². The second kappa shape index (κ2) is 8.41. The van der Waals surface area contributed by atoms with Crippen LogP contribution in [-0.2, 0) is 17.8 Å². The Hall–Kier alpha value is -2.60. The first kappa shape index (κ1) is 19.7. The predicted molar refractivity (Wildman–Crippen MR) is 110 cm³/mol. The molecule has 1 amide bonds. The standard InChI is InChI=1S/C23H27FN2O3/c1-3-28-22-11-17-10-15(2)29-21(17)12-20(22)25-23(27)14-26(18-8-9-18)13-16-6-4-5-7-19(16)24/h4-7,11-12,15,18H,3,8-10,13-14H2,1-2H3,(H,25,27)/t15-/m1/s1. The largest absolute Gasteiger partial charge is 0.492 e. The summed E-state index contributed by atoms with van der Waals surface area (Å²) < 4.78 is 25.6. The van der Waals surface area contributed by atoms with E-state index in [2.05, 4.69) is 5.32 Å². The van der Waals surface area contributed by atoms with Gasteiger partial charge < -0.3 is 14.8 Å². The van der Waals surface area contributed by atoms with Gasteiger partial charge in [-0.1, -0.05) is 18.2 Å². The number of rotatable bonds is 8. The van der Waals surface area contributed by atoms with Crippen LogP contribution in [0.15, 0.2) is 36.4 Å². The van der Waals surface area contributed by atoms with Crippen LogP contribution in [0.5, 0.6) is 11.5 Å². The zero-order chi connectivity index (χ0) is 20.4. The van der Waals surface area contributed by atoms with Gasteiger partial charge in [-0.3, -0.25) is 9.69 Å². The number of nitrogens with zero attached hydrogens (tertiary/aromatic N) is 1. The zero-order valence-corrected chi connectivity index (χ0v) is 16.9. The SMILES string of the molecule is CCOc1cc2c(cc1NC(=O)CN(Cc1ccccc1F)C1CC1)O[C@H](C)C2. The third-order valence-corrected chi connectivity index (χ3v) is 5.31. The predicted octanol–water partition coefficient (Wildman–Crippen LogP) is 4.15. The summed E-state index contributed by atoms with van der Waals surface area (Å²) in [6.45, 7) is 5.09. The molecule has 1 aliphatic heterocycles. The second-order valence-electron chi connectivity index (χ2n) is 7.80. The first-order valence-electron chi connectivity index (χ1n) is 10.3. The fraction of sp³-hybridized carbons (Fsp3) is 0.435. The number of carbonyl (C=O) groups is 1. The van der Waals surface area contributed by atoms with Gasteiger partial charge in [-0.25, -0.2) is 4.39 Å². The van der Waals surface area contributed by atoms with Crippen molar-refractivity contribution in [1.29, 1.82) is 0 Å². The number of ether oxygens (including phenoxy) is 2. The molecule has 4 rings (SSSR count). The lowest BCUT2D eigenvalue weighted by atomic mass is 10.1. The number of anilines is 1.